The Morgan fingerprint density at radius 2 is 1.86 bits per heavy atom. The first-order chi connectivity index (χ1) is 10.2. The first kappa shape index (κ1) is 15.2. The van der Waals surface area contributed by atoms with E-state index in [9.17, 15) is 9.59 Å². The summed E-state index contributed by atoms with van der Waals surface area (Å²) in [5.74, 6) is -0.213. The number of amides is 2. The van der Waals surface area contributed by atoms with E-state index in [0.29, 0.717) is 29.2 Å². The SMILES string of the molecule is CNCCC(=O)Nc1cccc(NC(=O)c2cccs2)c1. The highest BCUT2D eigenvalue weighted by Crippen LogP contribution is 2.17. The molecule has 0 bridgehead atoms. The Kier molecular flexibility index (Phi) is 5.48. The number of carbonyl (C=O) groups is 2. The summed E-state index contributed by atoms with van der Waals surface area (Å²) in [5.41, 5.74) is 1.32. The molecule has 21 heavy (non-hydrogen) atoms. The number of benzene rings is 1. The van der Waals surface area contributed by atoms with E-state index in [-0.39, 0.29) is 11.8 Å². The lowest BCUT2D eigenvalue weighted by Gasteiger charge is -2.08. The standard InChI is InChI=1S/C15H17N3O2S/c1-16-8-7-14(19)17-11-4-2-5-12(10-11)18-15(20)13-6-3-9-21-13/h2-6,9-10,16H,7-8H2,1H3,(H,17,19)(H,18,20). The van der Waals surface area contributed by atoms with Crippen LogP contribution in [-0.2, 0) is 4.79 Å². The summed E-state index contributed by atoms with van der Waals surface area (Å²) in [5, 5.41) is 10.4. The average molecular weight is 303 g/mol. The monoisotopic (exact) mass is 303 g/mol. The lowest BCUT2D eigenvalue weighted by molar-refractivity contribution is -0.116. The van der Waals surface area contributed by atoms with E-state index in [1.165, 1.54) is 11.3 Å². The molecule has 0 unspecified atom stereocenters. The fourth-order valence-electron chi connectivity index (χ4n) is 1.74. The van der Waals surface area contributed by atoms with Crippen LogP contribution in [0.25, 0.3) is 0 Å². The minimum Gasteiger partial charge on any atom is -0.326 e. The zero-order chi connectivity index (χ0) is 15.1. The third-order valence-electron chi connectivity index (χ3n) is 2.75. The molecule has 0 saturated carbocycles. The lowest BCUT2D eigenvalue weighted by Crippen LogP contribution is -2.18. The van der Waals surface area contributed by atoms with Gasteiger partial charge in [-0.2, -0.15) is 0 Å². The highest BCUT2D eigenvalue weighted by Gasteiger charge is 2.07. The second-order valence-corrected chi connectivity index (χ2v) is 5.36. The van der Waals surface area contributed by atoms with E-state index in [1.54, 1.807) is 37.4 Å². The molecule has 6 heteroatoms. The molecule has 0 radical (unpaired) electrons. The molecule has 2 aromatic rings. The van der Waals surface area contributed by atoms with Gasteiger partial charge < -0.3 is 16.0 Å². The van der Waals surface area contributed by atoms with Crippen molar-refractivity contribution in [3.05, 3.63) is 46.7 Å². The number of hydrogen-bond acceptors (Lipinski definition) is 4. The largest absolute Gasteiger partial charge is 0.326 e. The van der Waals surface area contributed by atoms with Crippen molar-refractivity contribution in [2.75, 3.05) is 24.2 Å². The first-order valence-electron chi connectivity index (χ1n) is 6.58. The second-order valence-electron chi connectivity index (χ2n) is 4.41. The first-order valence-corrected chi connectivity index (χ1v) is 7.46. The van der Waals surface area contributed by atoms with Crippen molar-refractivity contribution in [1.29, 1.82) is 0 Å². The summed E-state index contributed by atoms with van der Waals surface area (Å²) in [6.07, 6.45) is 0.405. The van der Waals surface area contributed by atoms with Crippen molar-refractivity contribution in [2.24, 2.45) is 0 Å². The maximum Gasteiger partial charge on any atom is 0.265 e. The third-order valence-corrected chi connectivity index (χ3v) is 3.62. The molecule has 0 atom stereocenters. The van der Waals surface area contributed by atoms with Crippen molar-refractivity contribution < 1.29 is 9.59 Å². The summed E-state index contributed by atoms with van der Waals surface area (Å²) >= 11 is 1.39. The van der Waals surface area contributed by atoms with Crippen LogP contribution in [0, 0.1) is 0 Å². The quantitative estimate of drug-likeness (QED) is 0.768. The van der Waals surface area contributed by atoms with E-state index in [0.717, 1.165) is 0 Å². The molecule has 1 aromatic heterocycles. The Bertz CT molecular complexity index is 611. The summed E-state index contributed by atoms with van der Waals surface area (Å²) < 4.78 is 0. The minimum absolute atomic E-state index is 0.0638. The summed E-state index contributed by atoms with van der Waals surface area (Å²) in [6, 6.07) is 10.7. The molecule has 0 saturated heterocycles. The van der Waals surface area contributed by atoms with Crippen molar-refractivity contribution >= 4 is 34.5 Å². The Labute approximate surface area is 127 Å². The number of rotatable bonds is 6. The van der Waals surface area contributed by atoms with Crippen molar-refractivity contribution in [2.45, 2.75) is 6.42 Å². The lowest BCUT2D eigenvalue weighted by atomic mass is 10.2. The van der Waals surface area contributed by atoms with Crippen LogP contribution in [-0.4, -0.2) is 25.4 Å². The van der Waals surface area contributed by atoms with Crippen LogP contribution >= 0.6 is 11.3 Å². The predicted molar refractivity (Wildman–Crippen MR) is 85.9 cm³/mol. The summed E-state index contributed by atoms with van der Waals surface area (Å²) in [7, 11) is 1.80. The zero-order valence-corrected chi connectivity index (χ0v) is 12.5. The molecule has 2 rings (SSSR count). The topological polar surface area (TPSA) is 70.2 Å². The van der Waals surface area contributed by atoms with E-state index >= 15 is 0 Å². The van der Waals surface area contributed by atoms with Gasteiger partial charge in [0.25, 0.3) is 5.91 Å². The van der Waals surface area contributed by atoms with Crippen LogP contribution in [0.15, 0.2) is 41.8 Å². The van der Waals surface area contributed by atoms with Crippen LogP contribution in [0.1, 0.15) is 16.1 Å². The summed E-state index contributed by atoms with van der Waals surface area (Å²) in [6.45, 7) is 0.626. The molecule has 3 N–H and O–H groups in total. The van der Waals surface area contributed by atoms with Gasteiger partial charge in [-0.3, -0.25) is 9.59 Å². The Hall–Kier alpha value is -2.18. The maximum absolute atomic E-state index is 12.0. The van der Waals surface area contributed by atoms with Gasteiger partial charge in [-0.15, -0.1) is 11.3 Å². The number of hydrogen-bond donors (Lipinski definition) is 3. The molecule has 2 amide bonds. The number of anilines is 2. The smallest absolute Gasteiger partial charge is 0.265 e. The van der Waals surface area contributed by atoms with E-state index in [1.807, 2.05) is 11.4 Å². The van der Waals surface area contributed by atoms with Crippen LogP contribution in [0.5, 0.6) is 0 Å². The van der Waals surface area contributed by atoms with E-state index in [4.69, 9.17) is 0 Å². The molecule has 0 fully saturated rings. The van der Waals surface area contributed by atoms with Crippen LogP contribution in [0.2, 0.25) is 0 Å². The maximum atomic E-state index is 12.0. The fraction of sp³-hybridized carbons (Fsp3) is 0.200. The van der Waals surface area contributed by atoms with E-state index < -0.39 is 0 Å². The highest BCUT2D eigenvalue weighted by atomic mass is 32.1. The van der Waals surface area contributed by atoms with Gasteiger partial charge in [0.15, 0.2) is 0 Å². The van der Waals surface area contributed by atoms with Crippen LogP contribution < -0.4 is 16.0 Å². The van der Waals surface area contributed by atoms with Crippen molar-refractivity contribution in [3.63, 3.8) is 0 Å². The number of nitrogens with one attached hydrogen (secondary N) is 3. The Balaban J connectivity index is 1.97. The van der Waals surface area contributed by atoms with Crippen LogP contribution in [0.4, 0.5) is 11.4 Å². The molecule has 5 nitrogen and oxygen atoms in total. The van der Waals surface area contributed by atoms with Crippen molar-refractivity contribution in [1.82, 2.24) is 5.32 Å². The second kappa shape index (κ2) is 7.56. The van der Waals surface area contributed by atoms with Gasteiger partial charge in [-0.05, 0) is 36.7 Å². The summed E-state index contributed by atoms with van der Waals surface area (Å²) in [4.78, 5) is 24.3. The third kappa shape index (κ3) is 4.70. The molecule has 1 heterocycles. The van der Waals surface area contributed by atoms with Gasteiger partial charge in [0.2, 0.25) is 5.91 Å². The molecule has 0 aliphatic carbocycles. The van der Waals surface area contributed by atoms with E-state index in [2.05, 4.69) is 16.0 Å². The predicted octanol–water partition coefficient (Wildman–Crippen LogP) is 2.55. The van der Waals surface area contributed by atoms with Gasteiger partial charge in [-0.25, -0.2) is 0 Å². The molecular formula is C15H17N3O2S. The van der Waals surface area contributed by atoms with Gasteiger partial charge in [-0.1, -0.05) is 12.1 Å². The minimum atomic E-state index is -0.149. The Morgan fingerprint density at radius 3 is 2.52 bits per heavy atom. The number of carbonyl (C=O) groups excluding carboxylic acids is 2. The normalized spacial score (nSPS) is 10.1. The highest BCUT2D eigenvalue weighted by molar-refractivity contribution is 7.12. The fourth-order valence-corrected chi connectivity index (χ4v) is 2.36. The molecule has 0 aliphatic heterocycles. The van der Waals surface area contributed by atoms with Crippen molar-refractivity contribution in [3.8, 4) is 0 Å². The van der Waals surface area contributed by atoms with Gasteiger partial charge in [0, 0.05) is 24.3 Å². The van der Waals surface area contributed by atoms with Crippen LogP contribution in [0.3, 0.4) is 0 Å². The van der Waals surface area contributed by atoms with Gasteiger partial charge >= 0.3 is 0 Å². The molecular weight excluding hydrogens is 286 g/mol. The molecule has 0 aliphatic rings. The average Bonchev–Trinajstić information content (AvgIpc) is 3.00. The molecule has 0 spiro atoms. The molecule has 1 aromatic carbocycles. The molecule has 110 valence electrons. The number of thiophene rings is 1. The zero-order valence-electron chi connectivity index (χ0n) is 11.7. The van der Waals surface area contributed by atoms with Gasteiger partial charge in [0.1, 0.15) is 0 Å². The van der Waals surface area contributed by atoms with Gasteiger partial charge in [0.05, 0.1) is 4.88 Å². The Morgan fingerprint density at radius 1 is 1.10 bits per heavy atom.